The van der Waals surface area contributed by atoms with E-state index in [4.69, 9.17) is 33.2 Å². The van der Waals surface area contributed by atoms with Gasteiger partial charge in [-0.3, -0.25) is 28.8 Å². The number of methoxy groups -OCH3 is 1. The Hall–Kier alpha value is -3.42. The van der Waals surface area contributed by atoms with Crippen LogP contribution in [0.5, 0.6) is 0 Å². The fourth-order valence-electron chi connectivity index (χ4n) is 11.6. The summed E-state index contributed by atoms with van der Waals surface area (Å²) < 4.78 is 39.4. The molecule has 17 atom stereocenters. The second-order valence-corrected chi connectivity index (χ2v) is 27.3. The van der Waals surface area contributed by atoms with Crippen LogP contribution in [0, 0.1) is 29.6 Å². The molecule has 3 aliphatic heterocycles. The average Bonchev–Trinajstić information content (AvgIpc) is 0.861. The van der Waals surface area contributed by atoms with Crippen LogP contribution >= 0.6 is 0 Å². The third-order valence-corrected chi connectivity index (χ3v) is 17.9. The highest BCUT2D eigenvalue weighted by atomic mass is 16.7. The molecule has 0 saturated carbocycles. The zero-order valence-corrected chi connectivity index (χ0v) is 59.3. The van der Waals surface area contributed by atoms with Crippen molar-refractivity contribution in [1.29, 1.82) is 0 Å². The van der Waals surface area contributed by atoms with Gasteiger partial charge in [0.15, 0.2) is 24.7 Å². The second kappa shape index (κ2) is 53.4. The number of hydrogen-bond donors (Lipinski definition) is 13. The molecule has 0 spiro atoms. The number of unbranched alkanes of at least 4 members (excludes halogenated alkanes) is 14. The summed E-state index contributed by atoms with van der Waals surface area (Å²) in [4.78, 5) is 80.1. The van der Waals surface area contributed by atoms with Crippen molar-refractivity contribution < 1.29 is 108 Å². The molecular weight excluding hydrogens is 1250 g/mol. The largest absolute Gasteiger partial charge is 0.394 e. The molecule has 3 rings (SSSR count). The van der Waals surface area contributed by atoms with Gasteiger partial charge in [0.1, 0.15) is 42.4 Å². The predicted molar refractivity (Wildman–Crippen MR) is 359 cm³/mol. The Balaban J connectivity index is 0.00000761. The van der Waals surface area contributed by atoms with Crippen LogP contribution < -0.4 is 21.3 Å². The van der Waals surface area contributed by atoms with Crippen molar-refractivity contribution in [2.75, 3.05) is 73.0 Å². The summed E-state index contributed by atoms with van der Waals surface area (Å²) >= 11 is 0. The van der Waals surface area contributed by atoms with E-state index < -0.39 is 123 Å². The van der Waals surface area contributed by atoms with Crippen molar-refractivity contribution in [3.8, 4) is 0 Å². The van der Waals surface area contributed by atoms with Crippen molar-refractivity contribution in [2.45, 2.75) is 308 Å². The lowest BCUT2D eigenvalue weighted by Crippen LogP contribution is -2.55. The number of ketones is 2. The van der Waals surface area contributed by atoms with Gasteiger partial charge in [0.05, 0.1) is 44.2 Å². The van der Waals surface area contributed by atoms with Gasteiger partial charge in [0.2, 0.25) is 23.6 Å². The Morgan fingerprint density at radius 2 is 0.740 bits per heavy atom. The number of carbonyl (C=O) groups is 6. The number of hydrogen-bond acceptors (Lipinski definition) is 22. The summed E-state index contributed by atoms with van der Waals surface area (Å²) in [6, 6.07) is -0.918. The van der Waals surface area contributed by atoms with Crippen molar-refractivity contribution in [2.24, 2.45) is 29.6 Å². The van der Waals surface area contributed by atoms with E-state index in [1.54, 1.807) is 27.9 Å². The molecule has 13 N–H and O–H groups in total. The quantitative estimate of drug-likeness (QED) is 0.0374. The third kappa shape index (κ3) is 37.3. The van der Waals surface area contributed by atoms with Crippen molar-refractivity contribution in [3.63, 3.8) is 0 Å². The summed E-state index contributed by atoms with van der Waals surface area (Å²) in [5, 5.41) is 102. The lowest BCUT2D eigenvalue weighted by molar-refractivity contribution is -0.282. The number of amides is 4. The van der Waals surface area contributed by atoms with Crippen LogP contribution in [0.4, 0.5) is 0 Å². The smallest absolute Gasteiger partial charge is 0.223 e. The van der Waals surface area contributed by atoms with Crippen LogP contribution in [-0.4, -0.2) is 234 Å². The maximum absolute atomic E-state index is 14.4. The molecule has 0 bridgehead atoms. The summed E-state index contributed by atoms with van der Waals surface area (Å²) in [5.41, 5.74) is 0. The molecule has 8 unspecified atom stereocenters. The first kappa shape index (κ1) is 88.7. The Morgan fingerprint density at radius 3 is 1.16 bits per heavy atom. The lowest BCUT2D eigenvalue weighted by atomic mass is 9.91. The van der Waals surface area contributed by atoms with Gasteiger partial charge in [-0.1, -0.05) is 92.9 Å². The van der Waals surface area contributed by atoms with Crippen LogP contribution in [-0.2, 0) is 61.9 Å². The molecule has 3 heterocycles. The number of aliphatic hydroxyl groups is 9. The molecule has 0 radical (unpaired) electrons. The second-order valence-electron chi connectivity index (χ2n) is 27.3. The summed E-state index contributed by atoms with van der Waals surface area (Å²) in [5.74, 6) is -2.42. The Bertz CT molecular complexity index is 2060. The Kier molecular flexibility index (Phi) is 49.4. The molecule has 26 nitrogen and oxygen atoms in total. The van der Waals surface area contributed by atoms with E-state index in [9.17, 15) is 74.7 Å². The van der Waals surface area contributed by atoms with Crippen LogP contribution in [0.25, 0.3) is 0 Å². The van der Waals surface area contributed by atoms with Crippen LogP contribution in [0.1, 0.15) is 228 Å². The van der Waals surface area contributed by atoms with Gasteiger partial charge in [0.25, 0.3) is 0 Å². The van der Waals surface area contributed by atoms with E-state index in [-0.39, 0.29) is 73.9 Å². The molecule has 562 valence electrons. The van der Waals surface area contributed by atoms with E-state index in [0.29, 0.717) is 148 Å². The van der Waals surface area contributed by atoms with E-state index in [0.717, 1.165) is 51.0 Å². The molecule has 3 saturated heterocycles. The molecular formula is C70H130N4O22. The number of ether oxygens (including phenoxy) is 7. The molecule has 0 aromatic rings. The Morgan fingerprint density at radius 1 is 0.406 bits per heavy atom. The fraction of sp³-hybridized carbons (Fsp3) is 0.914. The third-order valence-electron chi connectivity index (χ3n) is 17.9. The SMILES string of the molecule is CC(C)C.COCCCCCCCC(=O)CCCCCNC(=O)C(CCCCNC(=O)CCCCCO[C@@H]1OC(CO)[C@H](O)[C@H](O)C1C)CC(=O)C(CCCCNC(=O)CCCCCO[C@@H]1OC(CO)[C@H](O)[C@H](O)C1C)NC(=O)CCCCCO[C@@H]1OC(CO)[C@H](O)[C@H](O)C1C. The normalized spacial score (nSPS) is 26.5. The first-order chi connectivity index (χ1) is 46.0. The minimum atomic E-state index is -1.24. The zero-order chi connectivity index (χ0) is 71.2. The van der Waals surface area contributed by atoms with Crippen LogP contribution in [0.15, 0.2) is 0 Å². The average molecular weight is 1380 g/mol. The van der Waals surface area contributed by atoms with Gasteiger partial charge in [-0.25, -0.2) is 0 Å². The molecule has 3 fully saturated rings. The van der Waals surface area contributed by atoms with E-state index in [2.05, 4.69) is 42.0 Å². The minimum absolute atomic E-state index is 0.107. The van der Waals surface area contributed by atoms with Gasteiger partial charge < -0.3 is 100 Å². The van der Waals surface area contributed by atoms with Crippen LogP contribution in [0.3, 0.4) is 0 Å². The van der Waals surface area contributed by atoms with E-state index in [1.165, 1.54) is 0 Å². The van der Waals surface area contributed by atoms with E-state index in [1.807, 2.05) is 0 Å². The molecule has 0 aromatic heterocycles. The maximum Gasteiger partial charge on any atom is 0.223 e. The lowest BCUT2D eigenvalue weighted by Gasteiger charge is -2.40. The highest BCUT2D eigenvalue weighted by Gasteiger charge is 2.45. The fourth-order valence-corrected chi connectivity index (χ4v) is 11.6. The summed E-state index contributed by atoms with van der Waals surface area (Å²) in [7, 11) is 1.69. The molecule has 0 aromatic carbocycles. The summed E-state index contributed by atoms with van der Waals surface area (Å²) in [6.07, 6.45) is 4.47. The zero-order valence-electron chi connectivity index (χ0n) is 59.3. The first-order valence-corrected chi connectivity index (χ1v) is 36.4. The minimum Gasteiger partial charge on any atom is -0.394 e. The number of Topliss-reactive ketones (excluding diaryl/α,β-unsaturated/α-hetero) is 2. The van der Waals surface area contributed by atoms with Gasteiger partial charge >= 0.3 is 0 Å². The molecule has 0 aliphatic carbocycles. The highest BCUT2D eigenvalue weighted by Crippen LogP contribution is 2.30. The predicted octanol–water partition coefficient (Wildman–Crippen LogP) is 4.47. The van der Waals surface area contributed by atoms with Crippen molar-refractivity contribution in [3.05, 3.63) is 0 Å². The first-order valence-electron chi connectivity index (χ1n) is 36.4. The van der Waals surface area contributed by atoms with Gasteiger partial charge in [-0.2, -0.15) is 0 Å². The van der Waals surface area contributed by atoms with E-state index >= 15 is 0 Å². The molecule has 3 aliphatic rings. The van der Waals surface area contributed by atoms with Gasteiger partial charge in [-0.05, 0) is 102 Å². The van der Waals surface area contributed by atoms with Crippen molar-refractivity contribution in [1.82, 2.24) is 21.3 Å². The molecule has 4 amide bonds. The number of rotatable bonds is 53. The van der Waals surface area contributed by atoms with Crippen molar-refractivity contribution >= 4 is 35.2 Å². The summed E-state index contributed by atoms with van der Waals surface area (Å²) in [6.45, 7) is 12.8. The Labute approximate surface area is 572 Å². The highest BCUT2D eigenvalue weighted by molar-refractivity contribution is 5.92. The monoisotopic (exact) mass is 1380 g/mol. The maximum atomic E-state index is 14.4. The molecule has 26 heteroatoms. The topological polar surface area (TPSA) is 397 Å². The van der Waals surface area contributed by atoms with Gasteiger partial charge in [0, 0.05) is 115 Å². The van der Waals surface area contributed by atoms with Gasteiger partial charge in [-0.15, -0.1) is 0 Å². The molecule has 96 heavy (non-hydrogen) atoms. The number of nitrogens with one attached hydrogen (secondary N) is 4. The standard InChI is InChI=1S/C66H120N4O22.C4H10/c1-44-57(79)60(82)51(41-71)90-64(44)87-37-23-9-14-30-54(76)67-33-20-17-26-47(63(85)69-35-19-8-13-28-48(74)27-12-6-5-7-22-36-86-4)40-50(75)49(70-56(78)32-16-11-25-39-89-66-46(3)59(81)62(84)53(43-73)92-66)29-18-21-34-68-55(77)31-15-10-24-38-88-65-45(2)58(80)61(83)52(42-72)91-65;1-4(2)3/h44-47,49,51-53,57-62,64-66,71-73,79-84H,5-43H2,1-4H3,(H,67,76)(H,68,77)(H,69,85)(H,70,78);4H,1-3H3/t44?,45?,46?,47?,49?,51?,52?,53?,57-,58-,59-,60+,61+,62+,64-,65-,66-;/m1./s1. The number of carbonyl (C=O) groups excluding carboxylic acids is 6. The number of aliphatic hydroxyl groups excluding tert-OH is 9. The van der Waals surface area contributed by atoms with Crippen LogP contribution in [0.2, 0.25) is 0 Å².